The van der Waals surface area contributed by atoms with Gasteiger partial charge in [-0.25, -0.2) is 4.79 Å². The summed E-state index contributed by atoms with van der Waals surface area (Å²) in [5.74, 6) is -0.228. The van der Waals surface area contributed by atoms with Gasteiger partial charge in [-0.15, -0.1) is 0 Å². The van der Waals surface area contributed by atoms with Crippen molar-refractivity contribution < 1.29 is 9.53 Å². The lowest BCUT2D eigenvalue weighted by Gasteiger charge is -2.34. The molecule has 1 unspecified atom stereocenters. The van der Waals surface area contributed by atoms with E-state index in [0.717, 1.165) is 18.4 Å². The quantitative estimate of drug-likeness (QED) is 0.843. The van der Waals surface area contributed by atoms with Crippen LogP contribution in [0.3, 0.4) is 0 Å². The first-order chi connectivity index (χ1) is 9.62. The molecule has 1 aliphatic carbocycles. The molecule has 1 fully saturated rings. The zero-order valence-electron chi connectivity index (χ0n) is 12.1. The zero-order valence-corrected chi connectivity index (χ0v) is 12.9. The highest BCUT2D eigenvalue weighted by atomic mass is 35.5. The van der Waals surface area contributed by atoms with Gasteiger partial charge in [0.05, 0.1) is 7.11 Å². The number of halogens is 1. The Balaban J connectivity index is 2.35. The molecule has 3 nitrogen and oxygen atoms in total. The second kappa shape index (κ2) is 6.59. The van der Waals surface area contributed by atoms with Gasteiger partial charge in [-0.1, -0.05) is 43.5 Å². The number of hydrogen-bond donors (Lipinski definition) is 1. The molecule has 1 aromatic rings. The van der Waals surface area contributed by atoms with Gasteiger partial charge in [0.25, 0.3) is 0 Å². The molecule has 0 aliphatic heterocycles. The third kappa shape index (κ3) is 2.99. The lowest BCUT2D eigenvalue weighted by atomic mass is 9.86. The van der Waals surface area contributed by atoms with Gasteiger partial charge >= 0.3 is 5.97 Å². The molecule has 1 atom stereocenters. The molecule has 110 valence electrons. The molecule has 0 saturated heterocycles. The van der Waals surface area contributed by atoms with Crippen molar-refractivity contribution in [3.63, 3.8) is 0 Å². The standard InChI is InChI=1S/C16H22ClNO2/c1-3-16(15(19)20-2,18-14-6-4-5-7-14)12-8-10-13(17)11-9-12/h8-11,14,18H,3-7H2,1-2H3. The minimum absolute atomic E-state index is 0.228. The molecule has 1 aromatic carbocycles. The Kier molecular flexibility index (Phi) is 5.06. The minimum atomic E-state index is -0.769. The van der Waals surface area contributed by atoms with Crippen molar-refractivity contribution >= 4 is 17.6 Å². The van der Waals surface area contributed by atoms with Crippen LogP contribution in [-0.4, -0.2) is 19.1 Å². The third-order valence-electron chi connectivity index (χ3n) is 4.21. The van der Waals surface area contributed by atoms with Crippen molar-refractivity contribution in [3.05, 3.63) is 34.9 Å². The highest BCUT2D eigenvalue weighted by Crippen LogP contribution is 2.31. The predicted molar refractivity (Wildman–Crippen MR) is 80.8 cm³/mol. The highest BCUT2D eigenvalue weighted by Gasteiger charge is 2.41. The van der Waals surface area contributed by atoms with E-state index in [0.29, 0.717) is 17.5 Å². The Morgan fingerprint density at radius 1 is 1.35 bits per heavy atom. The van der Waals surface area contributed by atoms with Crippen LogP contribution in [0.1, 0.15) is 44.6 Å². The van der Waals surface area contributed by atoms with Crippen molar-refractivity contribution in [2.45, 2.75) is 50.6 Å². The molecular weight excluding hydrogens is 274 g/mol. The topological polar surface area (TPSA) is 38.3 Å². The fraction of sp³-hybridized carbons (Fsp3) is 0.562. The molecule has 20 heavy (non-hydrogen) atoms. The van der Waals surface area contributed by atoms with E-state index in [2.05, 4.69) is 5.32 Å². The number of benzene rings is 1. The average molecular weight is 296 g/mol. The summed E-state index contributed by atoms with van der Waals surface area (Å²) in [6, 6.07) is 7.83. The van der Waals surface area contributed by atoms with Crippen LogP contribution in [0.4, 0.5) is 0 Å². The molecule has 2 rings (SSSR count). The molecule has 0 bridgehead atoms. The van der Waals surface area contributed by atoms with Gasteiger partial charge in [-0.3, -0.25) is 5.32 Å². The maximum absolute atomic E-state index is 12.4. The van der Waals surface area contributed by atoms with Crippen LogP contribution in [0.25, 0.3) is 0 Å². The van der Waals surface area contributed by atoms with Crippen molar-refractivity contribution in [3.8, 4) is 0 Å². The predicted octanol–water partition coefficient (Wildman–Crippen LogP) is 3.65. The second-order valence-electron chi connectivity index (χ2n) is 5.38. The number of carbonyl (C=O) groups is 1. The van der Waals surface area contributed by atoms with E-state index in [1.54, 1.807) is 0 Å². The van der Waals surface area contributed by atoms with Crippen molar-refractivity contribution in [2.75, 3.05) is 7.11 Å². The Morgan fingerprint density at radius 3 is 2.45 bits per heavy atom. The van der Waals surface area contributed by atoms with Crippen LogP contribution < -0.4 is 5.32 Å². The monoisotopic (exact) mass is 295 g/mol. The zero-order chi connectivity index (χ0) is 14.6. The molecule has 0 spiro atoms. The number of nitrogens with one attached hydrogen (secondary N) is 1. The average Bonchev–Trinajstić information content (AvgIpc) is 2.98. The van der Waals surface area contributed by atoms with Crippen molar-refractivity contribution in [1.29, 1.82) is 0 Å². The van der Waals surface area contributed by atoms with Crippen LogP contribution >= 0.6 is 11.6 Å². The van der Waals surface area contributed by atoms with Crippen LogP contribution in [0.5, 0.6) is 0 Å². The lowest BCUT2D eigenvalue weighted by molar-refractivity contribution is -0.149. The maximum atomic E-state index is 12.4. The number of methoxy groups -OCH3 is 1. The largest absolute Gasteiger partial charge is 0.467 e. The van der Waals surface area contributed by atoms with Gasteiger partial charge in [-0.05, 0) is 37.0 Å². The summed E-state index contributed by atoms with van der Waals surface area (Å²) in [5, 5.41) is 4.22. The molecule has 1 aliphatic rings. The molecule has 1 N–H and O–H groups in total. The first-order valence-corrected chi connectivity index (χ1v) is 7.62. The number of carbonyl (C=O) groups excluding carboxylic acids is 1. The van der Waals surface area contributed by atoms with E-state index in [9.17, 15) is 4.79 Å². The molecule has 0 amide bonds. The molecule has 0 heterocycles. The Bertz CT molecular complexity index is 454. The number of hydrogen-bond acceptors (Lipinski definition) is 3. The van der Waals surface area contributed by atoms with Crippen LogP contribution in [0.2, 0.25) is 5.02 Å². The maximum Gasteiger partial charge on any atom is 0.330 e. The van der Waals surface area contributed by atoms with E-state index in [1.807, 2.05) is 31.2 Å². The summed E-state index contributed by atoms with van der Waals surface area (Å²) in [7, 11) is 1.44. The van der Waals surface area contributed by atoms with Crippen LogP contribution in [0, 0.1) is 0 Å². The lowest BCUT2D eigenvalue weighted by Crippen LogP contribution is -2.53. The molecular formula is C16H22ClNO2. The fourth-order valence-electron chi connectivity index (χ4n) is 3.04. The van der Waals surface area contributed by atoms with E-state index in [-0.39, 0.29) is 5.97 Å². The summed E-state index contributed by atoms with van der Waals surface area (Å²) in [5.41, 5.74) is 0.150. The summed E-state index contributed by atoms with van der Waals surface area (Å²) in [6.45, 7) is 2.01. The second-order valence-corrected chi connectivity index (χ2v) is 5.82. The summed E-state index contributed by atoms with van der Waals surface area (Å²) in [6.07, 6.45) is 5.33. The smallest absolute Gasteiger partial charge is 0.330 e. The van der Waals surface area contributed by atoms with Gasteiger partial charge in [0.2, 0.25) is 0 Å². The molecule has 0 aromatic heterocycles. The summed E-state index contributed by atoms with van der Waals surface area (Å²) >= 11 is 5.95. The third-order valence-corrected chi connectivity index (χ3v) is 4.46. The van der Waals surface area contributed by atoms with E-state index in [4.69, 9.17) is 16.3 Å². The van der Waals surface area contributed by atoms with Gasteiger partial charge in [0.1, 0.15) is 5.54 Å². The number of ether oxygens (including phenoxy) is 1. The fourth-order valence-corrected chi connectivity index (χ4v) is 3.16. The highest BCUT2D eigenvalue weighted by molar-refractivity contribution is 6.30. The number of rotatable bonds is 5. The number of esters is 1. The normalized spacial score (nSPS) is 18.8. The Hall–Kier alpha value is -1.06. The minimum Gasteiger partial charge on any atom is -0.467 e. The van der Waals surface area contributed by atoms with E-state index < -0.39 is 5.54 Å². The van der Waals surface area contributed by atoms with Crippen molar-refractivity contribution in [1.82, 2.24) is 5.32 Å². The molecule has 4 heteroatoms. The van der Waals surface area contributed by atoms with Gasteiger partial charge in [0, 0.05) is 11.1 Å². The van der Waals surface area contributed by atoms with E-state index >= 15 is 0 Å². The molecule has 1 saturated carbocycles. The van der Waals surface area contributed by atoms with Crippen LogP contribution in [0.15, 0.2) is 24.3 Å². The summed E-state index contributed by atoms with van der Waals surface area (Å²) in [4.78, 5) is 12.4. The Labute approximate surface area is 125 Å². The molecule has 0 radical (unpaired) electrons. The van der Waals surface area contributed by atoms with Gasteiger partial charge < -0.3 is 4.74 Å². The van der Waals surface area contributed by atoms with Gasteiger partial charge in [-0.2, -0.15) is 0 Å². The SMILES string of the molecule is CCC(NC1CCCC1)(C(=O)OC)c1ccc(Cl)cc1. The van der Waals surface area contributed by atoms with Crippen LogP contribution in [-0.2, 0) is 15.1 Å². The first-order valence-electron chi connectivity index (χ1n) is 7.24. The van der Waals surface area contributed by atoms with E-state index in [1.165, 1.54) is 20.0 Å². The Morgan fingerprint density at radius 2 is 1.95 bits per heavy atom. The van der Waals surface area contributed by atoms with Crippen molar-refractivity contribution in [2.24, 2.45) is 0 Å². The summed E-state index contributed by atoms with van der Waals surface area (Å²) < 4.78 is 5.07. The first kappa shape index (κ1) is 15.3. The van der Waals surface area contributed by atoms with Gasteiger partial charge in [0.15, 0.2) is 0 Å².